The second-order valence-electron chi connectivity index (χ2n) is 4.20. The van der Waals surface area contributed by atoms with Gasteiger partial charge in [-0.3, -0.25) is 9.36 Å². The van der Waals surface area contributed by atoms with Gasteiger partial charge in [-0.1, -0.05) is 30.8 Å². The van der Waals surface area contributed by atoms with Crippen LogP contribution >= 0.6 is 11.8 Å². The Labute approximate surface area is 115 Å². The molecule has 0 saturated carbocycles. The Hall–Kier alpha value is -1.62. The standard InChI is InChI=1S/C14H15FN2OS/c1-3-12-8-13(18)17(2)14(16-12)19-9-10-5-4-6-11(15)7-10/h4-8H,3,9H2,1-2H3. The second-order valence-corrected chi connectivity index (χ2v) is 5.14. The summed E-state index contributed by atoms with van der Waals surface area (Å²) < 4.78 is 14.6. The van der Waals surface area contributed by atoms with Crippen LogP contribution in [0, 0.1) is 5.82 Å². The van der Waals surface area contributed by atoms with E-state index in [1.54, 1.807) is 19.2 Å². The first-order valence-corrected chi connectivity index (χ1v) is 7.03. The SMILES string of the molecule is CCc1cc(=O)n(C)c(SCc2cccc(F)c2)n1. The van der Waals surface area contributed by atoms with Gasteiger partial charge in [0, 0.05) is 24.6 Å². The van der Waals surface area contributed by atoms with Gasteiger partial charge in [0.25, 0.3) is 5.56 Å². The molecule has 2 aromatic rings. The van der Waals surface area contributed by atoms with Crippen LogP contribution < -0.4 is 5.56 Å². The summed E-state index contributed by atoms with van der Waals surface area (Å²) in [5.41, 5.74) is 1.60. The number of aryl methyl sites for hydroxylation is 1. The van der Waals surface area contributed by atoms with Crippen LogP contribution in [0.4, 0.5) is 4.39 Å². The zero-order valence-corrected chi connectivity index (χ0v) is 11.7. The Morgan fingerprint density at radius 3 is 2.84 bits per heavy atom. The molecular formula is C14H15FN2OS. The van der Waals surface area contributed by atoms with Gasteiger partial charge in [0.05, 0.1) is 0 Å². The van der Waals surface area contributed by atoms with Crippen molar-refractivity contribution in [2.45, 2.75) is 24.3 Å². The van der Waals surface area contributed by atoms with E-state index in [0.29, 0.717) is 10.9 Å². The molecule has 0 atom stereocenters. The molecule has 0 amide bonds. The first-order chi connectivity index (χ1) is 9.10. The number of hydrogen-bond acceptors (Lipinski definition) is 3. The first kappa shape index (κ1) is 13.8. The average Bonchev–Trinajstić information content (AvgIpc) is 2.40. The number of aromatic nitrogens is 2. The lowest BCUT2D eigenvalue weighted by molar-refractivity contribution is 0.626. The molecule has 0 bridgehead atoms. The van der Waals surface area contributed by atoms with Crippen LogP contribution in [-0.2, 0) is 19.2 Å². The lowest BCUT2D eigenvalue weighted by Gasteiger charge is -2.08. The molecule has 1 aromatic carbocycles. The minimum Gasteiger partial charge on any atom is -0.291 e. The Morgan fingerprint density at radius 1 is 1.37 bits per heavy atom. The van der Waals surface area contributed by atoms with Crippen molar-refractivity contribution in [3.05, 3.63) is 57.8 Å². The van der Waals surface area contributed by atoms with Gasteiger partial charge < -0.3 is 0 Å². The molecule has 0 saturated heterocycles. The zero-order chi connectivity index (χ0) is 13.8. The van der Waals surface area contributed by atoms with Crippen LogP contribution in [0.5, 0.6) is 0 Å². The molecule has 19 heavy (non-hydrogen) atoms. The summed E-state index contributed by atoms with van der Waals surface area (Å²) in [6, 6.07) is 8.00. The number of halogens is 1. The van der Waals surface area contributed by atoms with Crippen molar-refractivity contribution in [1.82, 2.24) is 9.55 Å². The summed E-state index contributed by atoms with van der Waals surface area (Å²) in [5, 5.41) is 0.661. The first-order valence-electron chi connectivity index (χ1n) is 6.04. The molecule has 0 aliphatic rings. The van der Waals surface area contributed by atoms with Crippen molar-refractivity contribution in [3.63, 3.8) is 0 Å². The molecule has 0 fully saturated rings. The maximum Gasteiger partial charge on any atom is 0.254 e. The highest BCUT2D eigenvalue weighted by molar-refractivity contribution is 7.98. The third kappa shape index (κ3) is 3.44. The third-order valence-corrected chi connectivity index (χ3v) is 3.87. The molecule has 0 radical (unpaired) electrons. The van der Waals surface area contributed by atoms with Crippen molar-refractivity contribution in [1.29, 1.82) is 0 Å². The topological polar surface area (TPSA) is 34.9 Å². The van der Waals surface area contributed by atoms with E-state index in [2.05, 4.69) is 4.98 Å². The van der Waals surface area contributed by atoms with E-state index in [1.807, 2.05) is 13.0 Å². The minimum absolute atomic E-state index is 0.0615. The van der Waals surface area contributed by atoms with Gasteiger partial charge in [0.1, 0.15) is 5.82 Å². The van der Waals surface area contributed by atoms with Gasteiger partial charge in [-0.15, -0.1) is 0 Å². The van der Waals surface area contributed by atoms with Gasteiger partial charge in [-0.05, 0) is 24.1 Å². The Morgan fingerprint density at radius 2 is 2.16 bits per heavy atom. The average molecular weight is 278 g/mol. The Bertz CT molecular complexity index is 640. The predicted molar refractivity (Wildman–Crippen MR) is 74.8 cm³/mol. The zero-order valence-electron chi connectivity index (χ0n) is 10.9. The fraction of sp³-hybridized carbons (Fsp3) is 0.286. The molecule has 0 unspecified atom stereocenters. The molecule has 1 aromatic heterocycles. The lowest BCUT2D eigenvalue weighted by atomic mass is 10.2. The van der Waals surface area contributed by atoms with Crippen molar-refractivity contribution in [2.24, 2.45) is 7.05 Å². The van der Waals surface area contributed by atoms with E-state index in [1.165, 1.54) is 28.5 Å². The molecule has 1 heterocycles. The highest BCUT2D eigenvalue weighted by atomic mass is 32.2. The van der Waals surface area contributed by atoms with Crippen LogP contribution in [0.25, 0.3) is 0 Å². The fourth-order valence-electron chi connectivity index (χ4n) is 1.65. The van der Waals surface area contributed by atoms with Gasteiger partial charge in [0.2, 0.25) is 0 Å². The highest BCUT2D eigenvalue weighted by Gasteiger charge is 2.06. The molecule has 5 heteroatoms. The summed E-state index contributed by atoms with van der Waals surface area (Å²) >= 11 is 1.44. The van der Waals surface area contributed by atoms with Gasteiger partial charge in [0.15, 0.2) is 5.16 Å². The summed E-state index contributed by atoms with van der Waals surface area (Å²) in [6.07, 6.45) is 0.726. The number of benzene rings is 1. The van der Waals surface area contributed by atoms with E-state index in [4.69, 9.17) is 0 Å². The summed E-state index contributed by atoms with van der Waals surface area (Å²) in [4.78, 5) is 16.2. The molecular weight excluding hydrogens is 263 g/mol. The van der Waals surface area contributed by atoms with E-state index in [9.17, 15) is 9.18 Å². The van der Waals surface area contributed by atoms with Crippen molar-refractivity contribution in [3.8, 4) is 0 Å². The Kier molecular flexibility index (Phi) is 4.37. The van der Waals surface area contributed by atoms with Crippen molar-refractivity contribution < 1.29 is 4.39 Å². The quantitative estimate of drug-likeness (QED) is 0.637. The van der Waals surface area contributed by atoms with E-state index in [0.717, 1.165) is 17.7 Å². The number of hydrogen-bond donors (Lipinski definition) is 0. The van der Waals surface area contributed by atoms with Gasteiger partial charge >= 0.3 is 0 Å². The van der Waals surface area contributed by atoms with Gasteiger partial charge in [-0.2, -0.15) is 0 Å². The molecule has 0 aliphatic heterocycles. The van der Waals surface area contributed by atoms with Crippen molar-refractivity contribution in [2.75, 3.05) is 0 Å². The molecule has 100 valence electrons. The fourth-order valence-corrected chi connectivity index (χ4v) is 2.59. The normalized spacial score (nSPS) is 10.7. The van der Waals surface area contributed by atoms with Crippen LogP contribution in [-0.4, -0.2) is 9.55 Å². The van der Waals surface area contributed by atoms with Crippen molar-refractivity contribution >= 4 is 11.8 Å². The molecule has 0 N–H and O–H groups in total. The third-order valence-electron chi connectivity index (χ3n) is 2.77. The lowest BCUT2D eigenvalue weighted by Crippen LogP contribution is -2.20. The number of thioether (sulfide) groups is 1. The maximum atomic E-state index is 13.1. The van der Waals surface area contributed by atoms with Crippen LogP contribution in [0.2, 0.25) is 0 Å². The van der Waals surface area contributed by atoms with Crippen LogP contribution in [0.3, 0.4) is 0 Å². The molecule has 0 spiro atoms. The minimum atomic E-state index is -0.248. The number of rotatable bonds is 4. The molecule has 3 nitrogen and oxygen atoms in total. The van der Waals surface area contributed by atoms with E-state index in [-0.39, 0.29) is 11.4 Å². The number of nitrogens with zero attached hydrogens (tertiary/aromatic N) is 2. The summed E-state index contributed by atoms with van der Waals surface area (Å²) in [5.74, 6) is 0.341. The summed E-state index contributed by atoms with van der Waals surface area (Å²) in [7, 11) is 1.70. The van der Waals surface area contributed by atoms with Gasteiger partial charge in [-0.25, -0.2) is 9.37 Å². The predicted octanol–water partition coefficient (Wildman–Crippen LogP) is 2.77. The van der Waals surface area contributed by atoms with E-state index >= 15 is 0 Å². The second kappa shape index (κ2) is 6.02. The monoisotopic (exact) mass is 278 g/mol. The van der Waals surface area contributed by atoms with Crippen LogP contribution in [0.1, 0.15) is 18.2 Å². The van der Waals surface area contributed by atoms with E-state index < -0.39 is 0 Å². The smallest absolute Gasteiger partial charge is 0.254 e. The largest absolute Gasteiger partial charge is 0.291 e. The highest BCUT2D eigenvalue weighted by Crippen LogP contribution is 2.20. The Balaban J connectivity index is 2.19. The maximum absolute atomic E-state index is 13.1. The molecule has 0 aliphatic carbocycles. The summed E-state index contributed by atoms with van der Waals surface area (Å²) in [6.45, 7) is 1.96. The van der Waals surface area contributed by atoms with Crippen LogP contribution in [0.15, 0.2) is 40.3 Å². The molecule has 2 rings (SSSR count).